The Bertz CT molecular complexity index is 379. The fraction of sp³-hybridized carbons (Fsp3) is 0.636. The molecule has 0 bridgehead atoms. The minimum atomic E-state index is -0.000463. The summed E-state index contributed by atoms with van der Waals surface area (Å²) in [6.45, 7) is 3.22. The number of hydrogen-bond donors (Lipinski definition) is 2. The van der Waals surface area contributed by atoms with Crippen molar-refractivity contribution in [2.45, 2.75) is 32.2 Å². The van der Waals surface area contributed by atoms with Crippen molar-refractivity contribution in [3.8, 4) is 0 Å². The number of nitrogens with zero attached hydrogens (tertiary/aromatic N) is 2. The Hall–Kier alpha value is -1.07. The van der Waals surface area contributed by atoms with Crippen LogP contribution in [0.25, 0.3) is 0 Å². The van der Waals surface area contributed by atoms with Crippen molar-refractivity contribution in [1.29, 1.82) is 0 Å². The number of nitrogens with one attached hydrogen (secondary N) is 1. The molecular formula is C11H19ClN4O. The van der Waals surface area contributed by atoms with Crippen molar-refractivity contribution in [3.63, 3.8) is 0 Å². The number of carbonyl (C=O) groups excluding carboxylic acids is 1. The Morgan fingerprint density at radius 2 is 2.41 bits per heavy atom. The minimum absolute atomic E-state index is 0. The van der Waals surface area contributed by atoms with Crippen LogP contribution in [-0.4, -0.2) is 40.1 Å². The van der Waals surface area contributed by atoms with Crippen LogP contribution in [0.2, 0.25) is 0 Å². The van der Waals surface area contributed by atoms with E-state index in [1.807, 2.05) is 11.8 Å². The van der Waals surface area contributed by atoms with Gasteiger partial charge in [-0.15, -0.1) is 12.4 Å². The van der Waals surface area contributed by atoms with E-state index in [9.17, 15) is 4.79 Å². The molecule has 2 rings (SSSR count). The van der Waals surface area contributed by atoms with Gasteiger partial charge in [0.25, 0.3) is 5.91 Å². The van der Waals surface area contributed by atoms with Gasteiger partial charge in [-0.3, -0.25) is 9.89 Å². The fourth-order valence-corrected chi connectivity index (χ4v) is 2.19. The van der Waals surface area contributed by atoms with Crippen LogP contribution in [0.4, 0.5) is 0 Å². The lowest BCUT2D eigenvalue weighted by molar-refractivity contribution is 0.0617. The van der Waals surface area contributed by atoms with Crippen LogP contribution in [-0.2, 0) is 0 Å². The van der Waals surface area contributed by atoms with E-state index in [0.29, 0.717) is 12.2 Å². The molecule has 1 aromatic rings. The van der Waals surface area contributed by atoms with Crippen molar-refractivity contribution >= 4 is 18.3 Å². The number of piperidine rings is 1. The molecule has 17 heavy (non-hydrogen) atoms. The minimum Gasteiger partial charge on any atom is -0.333 e. The third kappa shape index (κ3) is 2.98. The van der Waals surface area contributed by atoms with Gasteiger partial charge in [0.05, 0.1) is 0 Å². The zero-order valence-corrected chi connectivity index (χ0v) is 10.8. The number of aromatic nitrogens is 2. The summed E-state index contributed by atoms with van der Waals surface area (Å²) in [5.74, 6) is -0.000463. The van der Waals surface area contributed by atoms with Gasteiger partial charge in [0.15, 0.2) is 0 Å². The van der Waals surface area contributed by atoms with Gasteiger partial charge in [0.2, 0.25) is 0 Å². The molecular weight excluding hydrogens is 240 g/mol. The highest BCUT2D eigenvalue weighted by molar-refractivity contribution is 5.92. The summed E-state index contributed by atoms with van der Waals surface area (Å²) in [6, 6.07) is 1.96. The SMILES string of the molecule is Cc1cc(C(=O)N2CCCCC2CN)n[nH]1.Cl. The first kappa shape index (κ1) is 14.0. The highest BCUT2D eigenvalue weighted by atomic mass is 35.5. The van der Waals surface area contributed by atoms with E-state index in [-0.39, 0.29) is 24.4 Å². The number of H-pyrrole nitrogens is 1. The number of nitrogens with two attached hydrogens (primary N) is 1. The van der Waals surface area contributed by atoms with Crippen molar-refractivity contribution in [1.82, 2.24) is 15.1 Å². The molecule has 1 unspecified atom stereocenters. The predicted octanol–water partition coefficient (Wildman–Crippen LogP) is 1.09. The second-order valence-corrected chi connectivity index (χ2v) is 4.32. The molecule has 0 spiro atoms. The van der Waals surface area contributed by atoms with Gasteiger partial charge >= 0.3 is 0 Å². The van der Waals surface area contributed by atoms with Crippen LogP contribution in [0.5, 0.6) is 0 Å². The van der Waals surface area contributed by atoms with Crippen molar-refractivity contribution in [2.75, 3.05) is 13.1 Å². The average Bonchev–Trinajstić information content (AvgIpc) is 2.75. The first-order valence-electron chi connectivity index (χ1n) is 5.75. The summed E-state index contributed by atoms with van der Waals surface area (Å²) >= 11 is 0. The Balaban J connectivity index is 0.00000144. The molecule has 6 heteroatoms. The van der Waals surface area contributed by atoms with Crippen LogP contribution in [0.1, 0.15) is 35.4 Å². The fourth-order valence-electron chi connectivity index (χ4n) is 2.19. The van der Waals surface area contributed by atoms with Gasteiger partial charge < -0.3 is 10.6 Å². The monoisotopic (exact) mass is 258 g/mol. The van der Waals surface area contributed by atoms with Crippen molar-refractivity contribution in [3.05, 3.63) is 17.5 Å². The third-order valence-corrected chi connectivity index (χ3v) is 3.09. The molecule has 1 atom stereocenters. The summed E-state index contributed by atoms with van der Waals surface area (Å²) < 4.78 is 0. The third-order valence-electron chi connectivity index (χ3n) is 3.09. The molecule has 3 N–H and O–H groups in total. The molecule has 0 aliphatic carbocycles. The van der Waals surface area contributed by atoms with E-state index in [0.717, 1.165) is 31.5 Å². The zero-order chi connectivity index (χ0) is 11.5. The quantitative estimate of drug-likeness (QED) is 0.834. The van der Waals surface area contributed by atoms with E-state index in [1.165, 1.54) is 0 Å². The molecule has 1 amide bonds. The van der Waals surface area contributed by atoms with Crippen LogP contribution in [0.15, 0.2) is 6.07 Å². The van der Waals surface area contributed by atoms with Gasteiger partial charge in [-0.1, -0.05) is 0 Å². The molecule has 5 nitrogen and oxygen atoms in total. The normalized spacial score (nSPS) is 19.9. The van der Waals surface area contributed by atoms with Crippen LogP contribution < -0.4 is 5.73 Å². The summed E-state index contributed by atoms with van der Waals surface area (Å²) in [4.78, 5) is 14.0. The number of rotatable bonds is 2. The second-order valence-electron chi connectivity index (χ2n) is 4.32. The molecule has 96 valence electrons. The van der Waals surface area contributed by atoms with Gasteiger partial charge in [0.1, 0.15) is 5.69 Å². The molecule has 1 saturated heterocycles. The molecule has 1 aliphatic rings. The smallest absolute Gasteiger partial charge is 0.274 e. The maximum absolute atomic E-state index is 12.2. The number of aromatic amines is 1. The zero-order valence-electron chi connectivity index (χ0n) is 9.98. The lowest BCUT2D eigenvalue weighted by atomic mass is 10.0. The van der Waals surface area contributed by atoms with Crippen LogP contribution in [0, 0.1) is 6.92 Å². The maximum atomic E-state index is 12.2. The summed E-state index contributed by atoms with van der Waals surface area (Å²) in [6.07, 6.45) is 3.22. The molecule has 0 aromatic carbocycles. The van der Waals surface area contributed by atoms with E-state index in [1.54, 1.807) is 6.07 Å². The van der Waals surface area contributed by atoms with E-state index < -0.39 is 0 Å². The van der Waals surface area contributed by atoms with E-state index in [4.69, 9.17) is 5.73 Å². The first-order chi connectivity index (χ1) is 7.72. The van der Waals surface area contributed by atoms with Gasteiger partial charge in [-0.2, -0.15) is 5.10 Å². The number of aryl methyl sites for hydroxylation is 1. The Morgan fingerprint density at radius 1 is 1.65 bits per heavy atom. The standard InChI is InChI=1S/C11H18N4O.ClH/c1-8-6-10(14-13-8)11(16)15-5-3-2-4-9(15)7-12;/h6,9H,2-5,7,12H2,1H3,(H,13,14);1H. The Labute approximate surface area is 107 Å². The second kappa shape index (κ2) is 6.02. The highest BCUT2D eigenvalue weighted by Gasteiger charge is 2.27. The maximum Gasteiger partial charge on any atom is 0.274 e. The van der Waals surface area contributed by atoms with Gasteiger partial charge in [0, 0.05) is 24.8 Å². The largest absolute Gasteiger partial charge is 0.333 e. The van der Waals surface area contributed by atoms with Crippen molar-refractivity contribution < 1.29 is 4.79 Å². The Morgan fingerprint density at radius 3 is 3.00 bits per heavy atom. The summed E-state index contributed by atoms with van der Waals surface area (Å²) in [7, 11) is 0. The molecule has 1 fully saturated rings. The number of carbonyl (C=O) groups is 1. The lowest BCUT2D eigenvalue weighted by Gasteiger charge is -2.34. The highest BCUT2D eigenvalue weighted by Crippen LogP contribution is 2.18. The molecule has 2 heterocycles. The van der Waals surface area contributed by atoms with E-state index in [2.05, 4.69) is 10.2 Å². The molecule has 0 radical (unpaired) electrons. The lowest BCUT2D eigenvalue weighted by Crippen LogP contribution is -2.47. The van der Waals surface area contributed by atoms with Gasteiger partial charge in [-0.05, 0) is 32.3 Å². The topological polar surface area (TPSA) is 75.0 Å². The number of amides is 1. The van der Waals surface area contributed by atoms with E-state index >= 15 is 0 Å². The van der Waals surface area contributed by atoms with Crippen molar-refractivity contribution in [2.24, 2.45) is 5.73 Å². The van der Waals surface area contributed by atoms with Crippen LogP contribution >= 0.6 is 12.4 Å². The summed E-state index contributed by atoms with van der Waals surface area (Å²) in [5.41, 5.74) is 7.10. The van der Waals surface area contributed by atoms with Crippen LogP contribution in [0.3, 0.4) is 0 Å². The molecule has 1 aliphatic heterocycles. The number of hydrogen-bond acceptors (Lipinski definition) is 3. The Kier molecular flexibility index (Phi) is 4.96. The van der Waals surface area contributed by atoms with Gasteiger partial charge in [-0.25, -0.2) is 0 Å². The first-order valence-corrected chi connectivity index (χ1v) is 5.75. The average molecular weight is 259 g/mol. The predicted molar refractivity (Wildman–Crippen MR) is 68.3 cm³/mol. The molecule has 1 aromatic heterocycles. The summed E-state index contributed by atoms with van der Waals surface area (Å²) in [5, 5.41) is 6.80. The number of likely N-dealkylation sites (tertiary alicyclic amines) is 1. The number of halogens is 1. The molecule has 0 saturated carbocycles.